The molecule has 2 aliphatic rings. The number of fused-ring (bicyclic) bond motifs is 1. The van der Waals surface area contributed by atoms with Crippen LogP contribution in [-0.4, -0.2) is 48.7 Å². The molecule has 3 atom stereocenters. The summed E-state index contributed by atoms with van der Waals surface area (Å²) in [5.74, 6) is -1.41. The van der Waals surface area contributed by atoms with Crippen molar-refractivity contribution in [2.75, 3.05) is 6.61 Å². The van der Waals surface area contributed by atoms with Gasteiger partial charge in [0.25, 0.3) is 5.91 Å². The topological polar surface area (TPSA) is 75.7 Å². The highest BCUT2D eigenvalue weighted by molar-refractivity contribution is 9.11. The number of nitrogens with one attached hydrogen (secondary N) is 1. The molecule has 1 fully saturated rings. The number of nitrogens with zero attached hydrogens (tertiary/aromatic N) is 1. The number of β-lactam (4-membered cyclic amide) rings is 1. The van der Waals surface area contributed by atoms with E-state index in [4.69, 9.17) is 39.5 Å². The number of hydrogen-bond acceptors (Lipinski definition) is 5. The highest BCUT2D eigenvalue weighted by Crippen LogP contribution is 2.46. The van der Waals surface area contributed by atoms with Gasteiger partial charge in [-0.1, -0.05) is 81.1 Å². The zero-order valence-corrected chi connectivity index (χ0v) is 19.7. The number of halogens is 4. The van der Waals surface area contributed by atoms with Crippen molar-refractivity contribution >= 4 is 80.3 Å². The van der Waals surface area contributed by atoms with Crippen LogP contribution in [0.4, 0.5) is 0 Å². The number of hydrogen-bond donors (Lipinski definition) is 1. The van der Waals surface area contributed by atoms with Crippen LogP contribution in [0, 0.1) is 0 Å². The second-order valence-electron chi connectivity index (χ2n) is 6.48. The van der Waals surface area contributed by atoms with Gasteiger partial charge in [-0.05, 0) is 18.1 Å². The standard InChI is InChI=1S/C18H16BrCl3N2O4S/c1-9-13(17(27)28-8-18(20,21)22)24-15(26)12(16(24)29-14(9)19)23-11(25)7-10-5-3-2-4-6-10/h2-6,12,14,16H,7-8H2,1H3,(H,23,25)/t12-,14-,16-/m1/s1. The molecule has 1 aromatic rings. The van der Waals surface area contributed by atoms with Crippen LogP contribution in [0.25, 0.3) is 0 Å². The van der Waals surface area contributed by atoms with Gasteiger partial charge in [0.15, 0.2) is 0 Å². The average molecular weight is 543 g/mol. The van der Waals surface area contributed by atoms with E-state index in [1.807, 2.05) is 30.3 Å². The molecule has 0 bridgehead atoms. The summed E-state index contributed by atoms with van der Waals surface area (Å²) in [6.07, 6.45) is 0.159. The summed E-state index contributed by atoms with van der Waals surface area (Å²) in [4.78, 5) is 38.9. The van der Waals surface area contributed by atoms with Crippen LogP contribution in [0.2, 0.25) is 0 Å². The Morgan fingerprint density at radius 3 is 2.55 bits per heavy atom. The lowest BCUT2D eigenvalue weighted by Crippen LogP contribution is -2.71. The highest BCUT2D eigenvalue weighted by atomic mass is 79.9. The van der Waals surface area contributed by atoms with E-state index in [0.717, 1.165) is 5.56 Å². The van der Waals surface area contributed by atoms with Crippen molar-refractivity contribution in [3.8, 4) is 0 Å². The van der Waals surface area contributed by atoms with Crippen molar-refractivity contribution in [1.82, 2.24) is 10.2 Å². The van der Waals surface area contributed by atoms with Gasteiger partial charge in [0.1, 0.15) is 23.7 Å². The summed E-state index contributed by atoms with van der Waals surface area (Å²) < 4.78 is 3.07. The molecule has 0 unspecified atom stereocenters. The largest absolute Gasteiger partial charge is 0.456 e. The minimum Gasteiger partial charge on any atom is -0.456 e. The fourth-order valence-corrected chi connectivity index (χ4v) is 5.25. The SMILES string of the molecule is CC1=C(C(=O)OCC(Cl)(Cl)Cl)N2C(=O)[C@@H](NC(=O)Cc3ccccc3)[C@H]2S[C@H]1Br. The molecule has 29 heavy (non-hydrogen) atoms. The van der Waals surface area contributed by atoms with Crippen molar-refractivity contribution < 1.29 is 19.1 Å². The van der Waals surface area contributed by atoms with Crippen LogP contribution in [0.5, 0.6) is 0 Å². The first-order valence-electron chi connectivity index (χ1n) is 8.49. The quantitative estimate of drug-likeness (QED) is 0.350. The zero-order valence-electron chi connectivity index (χ0n) is 15.0. The van der Waals surface area contributed by atoms with Gasteiger partial charge < -0.3 is 10.1 Å². The van der Waals surface area contributed by atoms with Crippen molar-refractivity contribution in [1.29, 1.82) is 0 Å². The molecular weight excluding hydrogens is 527 g/mol. The number of carbonyl (C=O) groups excluding carboxylic acids is 3. The third-order valence-electron chi connectivity index (χ3n) is 4.34. The Kier molecular flexibility index (Phi) is 7.10. The summed E-state index contributed by atoms with van der Waals surface area (Å²) in [6.45, 7) is 1.26. The Morgan fingerprint density at radius 1 is 1.28 bits per heavy atom. The second kappa shape index (κ2) is 9.06. The Hall–Kier alpha value is -0.930. The zero-order chi connectivity index (χ0) is 21.3. The Balaban J connectivity index is 1.70. The van der Waals surface area contributed by atoms with Crippen molar-refractivity contribution in [3.63, 3.8) is 0 Å². The van der Waals surface area contributed by atoms with Gasteiger partial charge in [0, 0.05) is 0 Å². The Bertz CT molecular complexity index is 862. The molecule has 156 valence electrons. The van der Waals surface area contributed by atoms with Gasteiger partial charge in [-0.25, -0.2) is 4.79 Å². The number of rotatable bonds is 5. The number of benzene rings is 1. The van der Waals surface area contributed by atoms with Gasteiger partial charge in [-0.3, -0.25) is 14.5 Å². The minimum atomic E-state index is -1.76. The number of thioether (sulfide) groups is 1. The van der Waals surface area contributed by atoms with Crippen LogP contribution in [0.3, 0.4) is 0 Å². The maximum atomic E-state index is 12.7. The van der Waals surface area contributed by atoms with E-state index in [0.29, 0.717) is 5.57 Å². The first-order valence-corrected chi connectivity index (χ1v) is 11.5. The fraction of sp³-hybridized carbons (Fsp3) is 0.389. The van der Waals surface area contributed by atoms with E-state index in [-0.39, 0.29) is 28.1 Å². The summed E-state index contributed by atoms with van der Waals surface area (Å²) in [7, 11) is 0. The Labute approximate surface area is 195 Å². The van der Waals surface area contributed by atoms with E-state index in [9.17, 15) is 14.4 Å². The predicted octanol–water partition coefficient (Wildman–Crippen LogP) is 3.54. The van der Waals surface area contributed by atoms with E-state index in [1.165, 1.54) is 16.7 Å². The second-order valence-corrected chi connectivity index (χ2v) is 11.7. The van der Waals surface area contributed by atoms with E-state index in [1.54, 1.807) is 6.92 Å². The van der Waals surface area contributed by atoms with Gasteiger partial charge in [-0.15, -0.1) is 11.8 Å². The monoisotopic (exact) mass is 540 g/mol. The summed E-state index contributed by atoms with van der Waals surface area (Å²) in [6, 6.07) is 8.48. The maximum absolute atomic E-state index is 12.7. The van der Waals surface area contributed by atoms with Crippen LogP contribution in [0.1, 0.15) is 12.5 Å². The molecule has 3 rings (SSSR count). The van der Waals surface area contributed by atoms with Crippen LogP contribution < -0.4 is 5.32 Å². The number of ether oxygens (including phenoxy) is 1. The molecule has 2 heterocycles. The molecule has 0 aliphatic carbocycles. The number of alkyl halides is 4. The lowest BCUT2D eigenvalue weighted by molar-refractivity contribution is -0.152. The minimum absolute atomic E-state index is 0.100. The molecule has 0 aromatic heterocycles. The first kappa shape index (κ1) is 22.7. The normalized spacial score (nSPS) is 24.0. The van der Waals surface area contributed by atoms with Gasteiger partial charge in [-0.2, -0.15) is 0 Å². The molecule has 0 spiro atoms. The number of amides is 2. The summed E-state index contributed by atoms with van der Waals surface area (Å²) >= 11 is 21.8. The van der Waals surface area contributed by atoms with Crippen LogP contribution in [-0.2, 0) is 25.5 Å². The molecule has 2 amide bonds. The van der Waals surface area contributed by atoms with Gasteiger partial charge in [0.05, 0.1) is 10.6 Å². The molecule has 1 aromatic carbocycles. The summed E-state index contributed by atoms with van der Waals surface area (Å²) in [5, 5.41) is 2.32. The predicted molar refractivity (Wildman–Crippen MR) is 117 cm³/mol. The van der Waals surface area contributed by atoms with Crippen molar-refractivity contribution in [2.24, 2.45) is 0 Å². The third kappa shape index (κ3) is 5.22. The fourth-order valence-electron chi connectivity index (χ4n) is 2.98. The molecule has 11 heteroatoms. The molecule has 1 saturated heterocycles. The highest BCUT2D eigenvalue weighted by Gasteiger charge is 2.55. The first-order chi connectivity index (χ1) is 13.6. The molecular formula is C18H16BrCl3N2O4S. The molecule has 1 N–H and O–H groups in total. The molecule has 0 radical (unpaired) electrons. The van der Waals surface area contributed by atoms with Crippen molar-refractivity contribution in [3.05, 3.63) is 47.2 Å². The molecule has 6 nitrogen and oxygen atoms in total. The van der Waals surface area contributed by atoms with Gasteiger partial charge in [0.2, 0.25) is 9.70 Å². The lowest BCUT2D eigenvalue weighted by Gasteiger charge is -2.50. The van der Waals surface area contributed by atoms with Crippen molar-refractivity contribution in [2.45, 2.75) is 32.7 Å². The van der Waals surface area contributed by atoms with Crippen LogP contribution >= 0.6 is 62.5 Å². The van der Waals surface area contributed by atoms with Gasteiger partial charge >= 0.3 is 5.97 Å². The number of carbonyl (C=O) groups is 3. The summed E-state index contributed by atoms with van der Waals surface area (Å²) in [5.41, 5.74) is 1.56. The van der Waals surface area contributed by atoms with E-state index in [2.05, 4.69) is 21.2 Å². The Morgan fingerprint density at radius 2 is 1.93 bits per heavy atom. The lowest BCUT2D eigenvalue weighted by atomic mass is 10.0. The smallest absolute Gasteiger partial charge is 0.355 e. The average Bonchev–Trinajstić information content (AvgIpc) is 2.66. The van der Waals surface area contributed by atoms with E-state index >= 15 is 0 Å². The third-order valence-corrected chi connectivity index (χ3v) is 7.36. The van der Waals surface area contributed by atoms with Crippen LogP contribution in [0.15, 0.2) is 41.6 Å². The van der Waals surface area contributed by atoms with E-state index < -0.39 is 27.8 Å². The molecule has 0 saturated carbocycles. The number of esters is 1. The molecule has 2 aliphatic heterocycles. The maximum Gasteiger partial charge on any atom is 0.355 e.